The van der Waals surface area contributed by atoms with Gasteiger partial charge in [0, 0.05) is 35.4 Å². The Balaban J connectivity index is 1.33. The lowest BCUT2D eigenvalue weighted by Crippen LogP contribution is -2.49. The van der Waals surface area contributed by atoms with Crippen molar-refractivity contribution in [2.75, 3.05) is 16.8 Å². The van der Waals surface area contributed by atoms with Crippen LogP contribution in [0.3, 0.4) is 0 Å². The summed E-state index contributed by atoms with van der Waals surface area (Å²) in [7, 11) is 0. The number of aromatic nitrogens is 3. The number of carbonyl (C=O) groups is 1. The largest absolute Gasteiger partial charge is 0.368 e. The number of carbonyl (C=O) groups excluding carboxylic acids is 1. The maximum Gasteiger partial charge on any atom is 0.214 e. The van der Waals surface area contributed by atoms with E-state index >= 15 is 0 Å². The van der Waals surface area contributed by atoms with Crippen molar-refractivity contribution in [2.24, 2.45) is 0 Å². The standard InChI is InChI=1S/C24H22F3N5O/c25-15-11-24(12-15,23-20(27)2-1-9-28-23)13-29-22-8-7-21(30-31-22)18-10-17(5-6-19(18)26)32(14-33)16-3-4-16/h1-2,5-10,14-16H,3-4,11-13H2,(H,29,31). The molecule has 2 saturated carbocycles. The second-order valence-electron chi connectivity index (χ2n) is 8.69. The van der Waals surface area contributed by atoms with E-state index in [-0.39, 0.29) is 36.7 Å². The normalized spacial score (nSPS) is 21.8. The zero-order valence-corrected chi connectivity index (χ0v) is 17.7. The predicted octanol–water partition coefficient (Wildman–Crippen LogP) is 4.42. The Morgan fingerprint density at radius 1 is 1.09 bits per heavy atom. The van der Waals surface area contributed by atoms with Crippen LogP contribution in [-0.2, 0) is 10.2 Å². The molecule has 0 saturated heterocycles. The highest BCUT2D eigenvalue weighted by Gasteiger charge is 2.48. The van der Waals surface area contributed by atoms with Gasteiger partial charge in [-0.25, -0.2) is 13.2 Å². The van der Waals surface area contributed by atoms with E-state index in [9.17, 15) is 18.0 Å². The number of pyridine rings is 1. The third-order valence-corrected chi connectivity index (χ3v) is 6.34. The van der Waals surface area contributed by atoms with Crippen LogP contribution in [0.1, 0.15) is 31.4 Å². The maximum absolute atomic E-state index is 14.5. The van der Waals surface area contributed by atoms with Crippen LogP contribution < -0.4 is 10.2 Å². The van der Waals surface area contributed by atoms with E-state index in [4.69, 9.17) is 0 Å². The molecule has 0 atom stereocenters. The van der Waals surface area contributed by atoms with Crippen molar-refractivity contribution in [2.45, 2.75) is 43.3 Å². The molecule has 1 aromatic carbocycles. The number of anilines is 2. The number of benzene rings is 1. The van der Waals surface area contributed by atoms with Crippen LogP contribution in [0.4, 0.5) is 24.7 Å². The van der Waals surface area contributed by atoms with Crippen molar-refractivity contribution in [3.63, 3.8) is 0 Å². The van der Waals surface area contributed by atoms with Crippen molar-refractivity contribution in [3.05, 3.63) is 66.0 Å². The summed E-state index contributed by atoms with van der Waals surface area (Å²) in [6.45, 7) is 0.245. The smallest absolute Gasteiger partial charge is 0.214 e. The molecule has 2 aliphatic rings. The number of amides is 1. The highest BCUT2D eigenvalue weighted by molar-refractivity contribution is 5.79. The Bertz CT molecular complexity index is 1160. The summed E-state index contributed by atoms with van der Waals surface area (Å²) in [6, 6.07) is 10.7. The van der Waals surface area contributed by atoms with Crippen LogP contribution >= 0.6 is 0 Å². The van der Waals surface area contributed by atoms with Crippen LogP contribution in [0.5, 0.6) is 0 Å². The Hall–Kier alpha value is -3.49. The monoisotopic (exact) mass is 453 g/mol. The van der Waals surface area contributed by atoms with E-state index in [1.807, 2.05) is 0 Å². The topological polar surface area (TPSA) is 71.0 Å². The molecule has 3 aromatic rings. The Labute approximate surface area is 188 Å². The van der Waals surface area contributed by atoms with Crippen molar-refractivity contribution >= 4 is 17.9 Å². The summed E-state index contributed by atoms with van der Waals surface area (Å²) in [6.07, 6.45) is 3.46. The first kappa shape index (κ1) is 21.4. The van der Waals surface area contributed by atoms with Crippen molar-refractivity contribution in [1.29, 1.82) is 0 Å². The lowest BCUT2D eigenvalue weighted by atomic mass is 9.65. The van der Waals surface area contributed by atoms with Gasteiger partial charge in [0.25, 0.3) is 0 Å². The summed E-state index contributed by atoms with van der Waals surface area (Å²) in [5, 5.41) is 11.3. The van der Waals surface area contributed by atoms with Gasteiger partial charge in [0.2, 0.25) is 6.41 Å². The highest BCUT2D eigenvalue weighted by Crippen LogP contribution is 2.45. The Morgan fingerprint density at radius 2 is 1.91 bits per heavy atom. The van der Waals surface area contributed by atoms with Gasteiger partial charge in [-0.1, -0.05) is 0 Å². The number of halogens is 3. The molecule has 9 heteroatoms. The quantitative estimate of drug-likeness (QED) is 0.511. The molecular weight excluding hydrogens is 431 g/mol. The number of alkyl halides is 1. The molecule has 0 unspecified atom stereocenters. The van der Waals surface area contributed by atoms with Gasteiger partial charge >= 0.3 is 0 Å². The summed E-state index contributed by atoms with van der Waals surface area (Å²) in [5.41, 5.74) is 0.653. The van der Waals surface area contributed by atoms with Gasteiger partial charge in [0.1, 0.15) is 23.6 Å². The molecule has 1 amide bonds. The van der Waals surface area contributed by atoms with Gasteiger partial charge in [-0.05, 0) is 68.1 Å². The average Bonchev–Trinajstić information content (AvgIpc) is 3.64. The number of hydrogen-bond acceptors (Lipinski definition) is 5. The minimum atomic E-state index is -1.00. The lowest BCUT2D eigenvalue weighted by molar-refractivity contribution is -0.107. The minimum Gasteiger partial charge on any atom is -0.368 e. The third-order valence-electron chi connectivity index (χ3n) is 6.34. The molecule has 2 fully saturated rings. The first-order chi connectivity index (χ1) is 16.0. The van der Waals surface area contributed by atoms with E-state index in [1.54, 1.807) is 29.2 Å². The molecule has 2 heterocycles. The third kappa shape index (κ3) is 4.15. The zero-order chi connectivity index (χ0) is 23.0. The van der Waals surface area contributed by atoms with E-state index in [1.165, 1.54) is 24.4 Å². The van der Waals surface area contributed by atoms with Gasteiger partial charge in [-0.2, -0.15) is 0 Å². The van der Waals surface area contributed by atoms with Gasteiger partial charge in [0.15, 0.2) is 0 Å². The molecule has 0 aliphatic heterocycles. The second-order valence-corrected chi connectivity index (χ2v) is 8.69. The number of rotatable bonds is 8. The van der Waals surface area contributed by atoms with Crippen molar-refractivity contribution in [1.82, 2.24) is 15.2 Å². The van der Waals surface area contributed by atoms with Crippen LogP contribution in [0.2, 0.25) is 0 Å². The molecule has 0 spiro atoms. The zero-order valence-electron chi connectivity index (χ0n) is 17.7. The highest BCUT2D eigenvalue weighted by atomic mass is 19.1. The first-order valence-corrected chi connectivity index (χ1v) is 10.9. The molecule has 2 aromatic heterocycles. The van der Waals surface area contributed by atoms with Gasteiger partial charge < -0.3 is 10.2 Å². The van der Waals surface area contributed by atoms with Crippen molar-refractivity contribution in [3.8, 4) is 11.3 Å². The van der Waals surface area contributed by atoms with E-state index < -0.39 is 23.2 Å². The van der Waals surface area contributed by atoms with Crippen LogP contribution in [0, 0.1) is 11.6 Å². The minimum absolute atomic E-state index is 0.158. The van der Waals surface area contributed by atoms with E-state index in [0.29, 0.717) is 17.2 Å². The van der Waals surface area contributed by atoms with Gasteiger partial charge in [0.05, 0.1) is 11.4 Å². The molecule has 33 heavy (non-hydrogen) atoms. The molecule has 0 bridgehead atoms. The second kappa shape index (κ2) is 8.46. The first-order valence-electron chi connectivity index (χ1n) is 10.9. The van der Waals surface area contributed by atoms with Crippen LogP contribution in [-0.4, -0.2) is 40.3 Å². The molecule has 170 valence electrons. The van der Waals surface area contributed by atoms with Gasteiger partial charge in [-0.15, -0.1) is 10.2 Å². The van der Waals surface area contributed by atoms with Crippen LogP contribution in [0.15, 0.2) is 48.7 Å². The number of nitrogens with zero attached hydrogens (tertiary/aromatic N) is 4. The summed E-state index contributed by atoms with van der Waals surface area (Å²) < 4.78 is 42.5. The van der Waals surface area contributed by atoms with Crippen LogP contribution in [0.25, 0.3) is 11.3 Å². The SMILES string of the molecule is O=CN(c1ccc(F)c(-c2ccc(NCC3(c4ncccc4F)CC(F)C3)nn2)c1)C1CC1. The fourth-order valence-corrected chi connectivity index (χ4v) is 4.40. The molecule has 0 radical (unpaired) electrons. The fourth-order valence-electron chi connectivity index (χ4n) is 4.40. The Morgan fingerprint density at radius 3 is 2.55 bits per heavy atom. The lowest BCUT2D eigenvalue weighted by Gasteiger charge is -2.44. The van der Waals surface area contributed by atoms with Gasteiger partial charge in [-0.3, -0.25) is 9.78 Å². The van der Waals surface area contributed by atoms with E-state index in [0.717, 1.165) is 19.3 Å². The number of nitrogens with one attached hydrogen (secondary N) is 1. The average molecular weight is 453 g/mol. The summed E-state index contributed by atoms with van der Waals surface area (Å²) >= 11 is 0. The maximum atomic E-state index is 14.5. The number of hydrogen-bond donors (Lipinski definition) is 1. The molecule has 5 rings (SSSR count). The summed E-state index contributed by atoms with van der Waals surface area (Å²) in [4.78, 5) is 17.2. The molecule has 2 aliphatic carbocycles. The fraction of sp³-hybridized carbons (Fsp3) is 0.333. The molecule has 6 nitrogen and oxygen atoms in total. The molecular formula is C24H22F3N5O. The molecule has 1 N–H and O–H groups in total. The summed E-state index contributed by atoms with van der Waals surface area (Å²) in [5.74, 6) is -0.525. The Kier molecular flexibility index (Phi) is 5.47. The van der Waals surface area contributed by atoms with E-state index in [2.05, 4.69) is 20.5 Å². The predicted molar refractivity (Wildman–Crippen MR) is 117 cm³/mol. The van der Waals surface area contributed by atoms with Crippen molar-refractivity contribution < 1.29 is 18.0 Å².